The molecule has 0 saturated heterocycles. The van der Waals surface area contributed by atoms with Gasteiger partial charge in [0.1, 0.15) is 0 Å². The number of nitrogens with one attached hydrogen (secondary N) is 2. The van der Waals surface area contributed by atoms with E-state index in [2.05, 4.69) is 10.6 Å². The number of hydrogen-bond acceptors (Lipinski definition) is 3. The van der Waals surface area contributed by atoms with Crippen molar-refractivity contribution in [2.24, 2.45) is 0 Å². The van der Waals surface area contributed by atoms with Crippen LogP contribution in [-0.2, 0) is 4.79 Å². The van der Waals surface area contributed by atoms with Crippen LogP contribution in [0.1, 0.15) is 13.8 Å². The molecule has 3 amide bonds. The number of benzene rings is 1. The van der Waals surface area contributed by atoms with E-state index in [4.69, 9.17) is 5.11 Å². The Balaban J connectivity index is 2.70. The Morgan fingerprint density at radius 2 is 1.89 bits per heavy atom. The third-order valence-electron chi connectivity index (χ3n) is 2.47. The summed E-state index contributed by atoms with van der Waals surface area (Å²) in [5, 5.41) is 14.2. The summed E-state index contributed by atoms with van der Waals surface area (Å²) >= 11 is 0. The predicted molar refractivity (Wildman–Crippen MR) is 74.1 cm³/mol. The molecule has 0 spiro atoms. The summed E-state index contributed by atoms with van der Waals surface area (Å²) in [6, 6.07) is 6.60. The van der Waals surface area contributed by atoms with Gasteiger partial charge >= 0.3 is 6.03 Å². The lowest BCUT2D eigenvalue weighted by Crippen LogP contribution is -2.36. The number of hydrogen-bond donors (Lipinski definition) is 3. The normalized spacial score (nSPS) is 9.84. The molecule has 0 fully saturated rings. The number of likely N-dealkylation sites (N-methyl/N-ethyl adjacent to an activating group) is 1. The van der Waals surface area contributed by atoms with Gasteiger partial charge in [0.05, 0.1) is 6.61 Å². The van der Waals surface area contributed by atoms with Crippen molar-refractivity contribution in [2.45, 2.75) is 13.8 Å². The van der Waals surface area contributed by atoms with Gasteiger partial charge in [-0.2, -0.15) is 0 Å². The lowest BCUT2D eigenvalue weighted by Gasteiger charge is -2.20. The second-order valence-corrected chi connectivity index (χ2v) is 4.00. The summed E-state index contributed by atoms with van der Waals surface area (Å²) in [5.41, 5.74) is 1.21. The fourth-order valence-corrected chi connectivity index (χ4v) is 1.60. The Morgan fingerprint density at radius 3 is 2.42 bits per heavy atom. The molecule has 0 aliphatic carbocycles. The van der Waals surface area contributed by atoms with E-state index in [1.165, 1.54) is 11.8 Å². The molecule has 104 valence electrons. The van der Waals surface area contributed by atoms with Crippen molar-refractivity contribution in [3.8, 4) is 0 Å². The maximum atomic E-state index is 11.9. The summed E-state index contributed by atoms with van der Waals surface area (Å²) in [6.07, 6.45) is 0. The Labute approximate surface area is 112 Å². The highest BCUT2D eigenvalue weighted by Gasteiger charge is 2.10. The Hall–Kier alpha value is -2.08. The van der Waals surface area contributed by atoms with Crippen LogP contribution in [-0.4, -0.2) is 41.6 Å². The number of aliphatic hydroxyl groups is 1. The minimum Gasteiger partial charge on any atom is -0.395 e. The van der Waals surface area contributed by atoms with Crippen LogP contribution in [0.4, 0.5) is 16.2 Å². The number of urea groups is 1. The number of amides is 3. The number of aliphatic hydroxyl groups excluding tert-OH is 1. The third kappa shape index (κ3) is 4.97. The lowest BCUT2D eigenvalue weighted by molar-refractivity contribution is -0.114. The van der Waals surface area contributed by atoms with Crippen LogP contribution in [0.3, 0.4) is 0 Å². The Morgan fingerprint density at radius 1 is 1.26 bits per heavy atom. The number of anilines is 2. The molecule has 0 radical (unpaired) electrons. The summed E-state index contributed by atoms with van der Waals surface area (Å²) in [5.74, 6) is -0.168. The third-order valence-corrected chi connectivity index (χ3v) is 2.47. The molecule has 0 aliphatic rings. The van der Waals surface area contributed by atoms with Crippen LogP contribution in [0.25, 0.3) is 0 Å². The standard InChI is InChI=1S/C13H19N3O3/c1-3-16(7-8-17)13(19)15-12-6-4-5-11(9-12)14-10(2)18/h4-6,9,17H,3,7-8H2,1-2H3,(H,14,18)(H,15,19). The second kappa shape index (κ2) is 7.38. The van der Waals surface area contributed by atoms with Gasteiger partial charge < -0.3 is 20.6 Å². The average Bonchev–Trinajstić information content (AvgIpc) is 2.35. The van der Waals surface area contributed by atoms with Crippen LogP contribution in [0.2, 0.25) is 0 Å². The van der Waals surface area contributed by atoms with Crippen molar-refractivity contribution in [1.82, 2.24) is 4.90 Å². The highest BCUT2D eigenvalue weighted by molar-refractivity contribution is 5.92. The molecule has 1 rings (SSSR count). The first-order valence-corrected chi connectivity index (χ1v) is 6.11. The van der Waals surface area contributed by atoms with Crippen LogP contribution >= 0.6 is 0 Å². The first-order chi connectivity index (χ1) is 9.06. The van der Waals surface area contributed by atoms with E-state index < -0.39 is 0 Å². The van der Waals surface area contributed by atoms with Crippen LogP contribution < -0.4 is 10.6 Å². The molecule has 3 N–H and O–H groups in total. The van der Waals surface area contributed by atoms with Crippen molar-refractivity contribution in [3.05, 3.63) is 24.3 Å². The molecule has 19 heavy (non-hydrogen) atoms. The van der Waals surface area contributed by atoms with Crippen LogP contribution in [0.15, 0.2) is 24.3 Å². The maximum absolute atomic E-state index is 11.9. The zero-order chi connectivity index (χ0) is 14.3. The monoisotopic (exact) mass is 265 g/mol. The van der Waals surface area contributed by atoms with Gasteiger partial charge in [-0.1, -0.05) is 6.07 Å². The molecule has 0 bridgehead atoms. The van der Waals surface area contributed by atoms with E-state index in [1.54, 1.807) is 24.3 Å². The fraction of sp³-hybridized carbons (Fsp3) is 0.385. The first-order valence-electron chi connectivity index (χ1n) is 6.11. The second-order valence-electron chi connectivity index (χ2n) is 4.00. The molecule has 0 unspecified atom stereocenters. The number of nitrogens with zero attached hydrogens (tertiary/aromatic N) is 1. The molecule has 0 aromatic heterocycles. The van der Waals surface area contributed by atoms with Gasteiger partial charge in [-0.15, -0.1) is 0 Å². The SMILES string of the molecule is CCN(CCO)C(=O)Nc1cccc(NC(C)=O)c1. The van der Waals surface area contributed by atoms with Crippen LogP contribution in [0, 0.1) is 0 Å². The van der Waals surface area contributed by atoms with Gasteiger partial charge in [0.15, 0.2) is 0 Å². The predicted octanol–water partition coefficient (Wildman–Crippen LogP) is 1.49. The molecule has 6 nitrogen and oxygen atoms in total. The van der Waals surface area contributed by atoms with Gasteiger partial charge in [-0.3, -0.25) is 4.79 Å². The van der Waals surface area contributed by atoms with E-state index in [0.29, 0.717) is 17.9 Å². The molecule has 6 heteroatoms. The van der Waals surface area contributed by atoms with E-state index in [1.807, 2.05) is 6.92 Å². The van der Waals surface area contributed by atoms with Crippen molar-refractivity contribution >= 4 is 23.3 Å². The molecule has 0 saturated carbocycles. The van der Waals surface area contributed by atoms with Crippen molar-refractivity contribution in [3.63, 3.8) is 0 Å². The van der Waals surface area contributed by atoms with Crippen molar-refractivity contribution in [1.29, 1.82) is 0 Å². The van der Waals surface area contributed by atoms with Gasteiger partial charge in [0.2, 0.25) is 5.91 Å². The molecular formula is C13H19N3O3. The van der Waals surface area contributed by atoms with Gasteiger partial charge in [0, 0.05) is 31.4 Å². The maximum Gasteiger partial charge on any atom is 0.321 e. The molecule has 0 aliphatic heterocycles. The smallest absolute Gasteiger partial charge is 0.321 e. The lowest BCUT2D eigenvalue weighted by atomic mass is 10.2. The Kier molecular flexibility index (Phi) is 5.81. The average molecular weight is 265 g/mol. The van der Waals surface area contributed by atoms with E-state index >= 15 is 0 Å². The largest absolute Gasteiger partial charge is 0.395 e. The van der Waals surface area contributed by atoms with Crippen LogP contribution in [0.5, 0.6) is 0 Å². The number of carbonyl (C=O) groups excluding carboxylic acids is 2. The first kappa shape index (κ1) is 15.0. The van der Waals surface area contributed by atoms with Gasteiger partial charge in [-0.25, -0.2) is 4.79 Å². The van der Waals surface area contributed by atoms with E-state index in [9.17, 15) is 9.59 Å². The minimum atomic E-state index is -0.281. The zero-order valence-electron chi connectivity index (χ0n) is 11.1. The molecule has 1 aromatic carbocycles. The zero-order valence-corrected chi connectivity index (χ0v) is 11.1. The minimum absolute atomic E-state index is 0.0762. The summed E-state index contributed by atoms with van der Waals surface area (Å²) in [4.78, 5) is 24.3. The summed E-state index contributed by atoms with van der Waals surface area (Å²) < 4.78 is 0. The van der Waals surface area contributed by atoms with Gasteiger partial charge in [0.25, 0.3) is 0 Å². The highest BCUT2D eigenvalue weighted by atomic mass is 16.3. The summed E-state index contributed by atoms with van der Waals surface area (Å²) in [7, 11) is 0. The number of rotatable bonds is 5. The topological polar surface area (TPSA) is 81.7 Å². The molecule has 0 heterocycles. The molecule has 0 atom stereocenters. The number of carbonyl (C=O) groups is 2. The Bertz CT molecular complexity index is 449. The summed E-state index contributed by atoms with van der Waals surface area (Å²) in [6.45, 7) is 3.98. The molecular weight excluding hydrogens is 246 g/mol. The highest BCUT2D eigenvalue weighted by Crippen LogP contribution is 2.15. The fourth-order valence-electron chi connectivity index (χ4n) is 1.60. The molecule has 1 aromatic rings. The van der Waals surface area contributed by atoms with Gasteiger partial charge in [-0.05, 0) is 25.1 Å². The quantitative estimate of drug-likeness (QED) is 0.754. The van der Waals surface area contributed by atoms with E-state index in [-0.39, 0.29) is 25.1 Å². The van der Waals surface area contributed by atoms with E-state index in [0.717, 1.165) is 0 Å². The van der Waals surface area contributed by atoms with Crippen molar-refractivity contribution in [2.75, 3.05) is 30.3 Å². The van der Waals surface area contributed by atoms with Crippen molar-refractivity contribution < 1.29 is 14.7 Å².